The second-order valence-corrected chi connectivity index (χ2v) is 5.81. The van der Waals surface area contributed by atoms with Gasteiger partial charge in [0.05, 0.1) is 11.7 Å². The number of aromatic nitrogens is 2. The lowest BCUT2D eigenvalue weighted by atomic mass is 9.91. The van der Waals surface area contributed by atoms with Gasteiger partial charge in [0.1, 0.15) is 4.88 Å². The molecule has 2 rings (SSSR count). The van der Waals surface area contributed by atoms with Gasteiger partial charge in [-0.1, -0.05) is 25.3 Å². The maximum Gasteiger partial charge on any atom is 0.156 e. The van der Waals surface area contributed by atoms with Crippen LogP contribution in [0.2, 0.25) is 0 Å². The van der Waals surface area contributed by atoms with Crippen LogP contribution in [-0.4, -0.2) is 21.5 Å². The van der Waals surface area contributed by atoms with Crippen molar-refractivity contribution in [1.82, 2.24) is 15.0 Å². The van der Waals surface area contributed by atoms with Gasteiger partial charge >= 0.3 is 0 Å². The Morgan fingerprint density at radius 3 is 2.69 bits per heavy atom. The number of nitrogens with zero attached hydrogens (tertiary/aromatic N) is 3. The maximum absolute atomic E-state index is 5.52. The van der Waals surface area contributed by atoms with Gasteiger partial charge in [-0.05, 0) is 24.4 Å². The van der Waals surface area contributed by atoms with Gasteiger partial charge in [0, 0.05) is 5.41 Å². The van der Waals surface area contributed by atoms with Crippen molar-refractivity contribution in [2.24, 2.45) is 10.8 Å². The first-order valence-electron chi connectivity index (χ1n) is 5.40. The molecule has 1 aliphatic carbocycles. The van der Waals surface area contributed by atoms with E-state index >= 15 is 0 Å². The first-order valence-corrected chi connectivity index (χ1v) is 6.17. The normalized spacial score (nSPS) is 17.6. The molecular weight excluding hydrogens is 222 g/mol. The molecule has 1 heterocycles. The molecule has 3 N–H and O–H groups in total. The van der Waals surface area contributed by atoms with E-state index in [-0.39, 0.29) is 5.41 Å². The highest BCUT2D eigenvalue weighted by atomic mass is 32.1. The fourth-order valence-electron chi connectivity index (χ4n) is 1.38. The van der Waals surface area contributed by atoms with Crippen LogP contribution in [0.1, 0.15) is 44.2 Å². The Kier molecular flexibility index (Phi) is 2.94. The summed E-state index contributed by atoms with van der Waals surface area (Å²) >= 11 is 1.34. The van der Waals surface area contributed by atoms with Gasteiger partial charge in [-0.15, -0.1) is 5.10 Å². The Bertz CT molecular complexity index is 400. The second kappa shape index (κ2) is 4.10. The third-order valence-electron chi connectivity index (χ3n) is 2.41. The zero-order valence-corrected chi connectivity index (χ0v) is 10.6. The van der Waals surface area contributed by atoms with E-state index in [1.165, 1.54) is 11.5 Å². The first-order chi connectivity index (χ1) is 7.52. The first kappa shape index (κ1) is 11.5. The number of hydrogen-bond donors (Lipinski definition) is 2. The largest absolute Gasteiger partial charge is 0.307 e. The van der Waals surface area contributed by atoms with E-state index in [0.717, 1.165) is 29.2 Å². The van der Waals surface area contributed by atoms with E-state index in [4.69, 9.17) is 5.84 Å². The minimum absolute atomic E-state index is 0.0382. The summed E-state index contributed by atoms with van der Waals surface area (Å²) in [6.45, 7) is 6.33. The maximum atomic E-state index is 5.52. The molecule has 0 spiro atoms. The van der Waals surface area contributed by atoms with Crippen LogP contribution >= 0.6 is 11.5 Å². The van der Waals surface area contributed by atoms with Crippen LogP contribution in [-0.2, 0) is 5.41 Å². The molecule has 1 fully saturated rings. The zero-order valence-electron chi connectivity index (χ0n) is 9.82. The molecule has 0 bridgehead atoms. The average Bonchev–Trinajstić information content (AvgIpc) is 2.87. The molecule has 5 nitrogen and oxygen atoms in total. The van der Waals surface area contributed by atoms with Crippen LogP contribution in [0.3, 0.4) is 0 Å². The number of nitrogens with two attached hydrogens (primary N) is 1. The molecule has 0 radical (unpaired) electrons. The lowest BCUT2D eigenvalue weighted by Gasteiger charge is -2.16. The van der Waals surface area contributed by atoms with Crippen molar-refractivity contribution in [2.45, 2.75) is 45.1 Å². The van der Waals surface area contributed by atoms with Crippen LogP contribution in [0.25, 0.3) is 0 Å². The summed E-state index contributed by atoms with van der Waals surface area (Å²) in [6, 6.07) is 0.431. The van der Waals surface area contributed by atoms with Gasteiger partial charge in [-0.3, -0.25) is 4.99 Å². The second-order valence-electron chi connectivity index (χ2n) is 5.05. The summed E-state index contributed by atoms with van der Waals surface area (Å²) in [5.41, 5.74) is 3.58. The number of aliphatic imine (C=N–C) groups is 1. The van der Waals surface area contributed by atoms with Gasteiger partial charge in [0.15, 0.2) is 5.84 Å². The molecule has 0 amide bonds. The van der Waals surface area contributed by atoms with E-state index in [9.17, 15) is 0 Å². The molecule has 0 aliphatic heterocycles. The number of nitrogens with one attached hydrogen (secondary N) is 1. The van der Waals surface area contributed by atoms with Crippen LogP contribution in [0.15, 0.2) is 4.99 Å². The SMILES string of the molecule is CC(C)(C)c1nnsc1C(=NC1CC1)NN. The summed E-state index contributed by atoms with van der Waals surface area (Å²) in [5.74, 6) is 6.25. The fourth-order valence-corrected chi connectivity index (χ4v) is 2.22. The number of hydrogen-bond acceptors (Lipinski definition) is 5. The Hall–Kier alpha value is -1.01. The van der Waals surface area contributed by atoms with Crippen molar-refractivity contribution < 1.29 is 0 Å². The quantitative estimate of drug-likeness (QED) is 0.352. The van der Waals surface area contributed by atoms with Crippen LogP contribution in [0.4, 0.5) is 0 Å². The summed E-state index contributed by atoms with van der Waals surface area (Å²) in [4.78, 5) is 5.49. The van der Waals surface area contributed by atoms with Crippen molar-refractivity contribution in [3.63, 3.8) is 0 Å². The Labute approximate surface area is 99.3 Å². The lowest BCUT2D eigenvalue weighted by molar-refractivity contribution is 0.565. The van der Waals surface area contributed by atoms with Crippen molar-refractivity contribution in [1.29, 1.82) is 0 Å². The Morgan fingerprint density at radius 2 is 2.19 bits per heavy atom. The minimum atomic E-state index is -0.0382. The summed E-state index contributed by atoms with van der Waals surface area (Å²) in [7, 11) is 0. The minimum Gasteiger partial charge on any atom is -0.307 e. The van der Waals surface area contributed by atoms with Gasteiger partial charge in [0.2, 0.25) is 0 Å². The topological polar surface area (TPSA) is 76.2 Å². The predicted octanol–water partition coefficient (Wildman–Crippen LogP) is 1.21. The van der Waals surface area contributed by atoms with E-state index < -0.39 is 0 Å². The molecule has 6 heteroatoms. The van der Waals surface area contributed by atoms with Crippen molar-refractivity contribution in [3.05, 3.63) is 10.6 Å². The molecule has 0 unspecified atom stereocenters. The standard InChI is InChI=1S/C10H17N5S/c1-10(2,3)8-7(16-15-14-8)9(13-11)12-6-4-5-6/h6H,4-5,11H2,1-3H3,(H,12,13). The van der Waals surface area contributed by atoms with E-state index in [1.807, 2.05) is 0 Å². The zero-order chi connectivity index (χ0) is 11.8. The summed E-state index contributed by atoms with van der Waals surface area (Å²) in [6.07, 6.45) is 2.31. The van der Waals surface area contributed by atoms with E-state index in [1.54, 1.807) is 0 Å². The van der Waals surface area contributed by atoms with Crippen molar-refractivity contribution >= 4 is 17.4 Å². The molecule has 1 saturated carbocycles. The summed E-state index contributed by atoms with van der Waals surface area (Å²) < 4.78 is 4.00. The highest BCUT2D eigenvalue weighted by Gasteiger charge is 2.27. The number of hydrazine groups is 1. The molecule has 0 aromatic carbocycles. The van der Waals surface area contributed by atoms with Gasteiger partial charge in [-0.2, -0.15) is 0 Å². The molecular formula is C10H17N5S. The predicted molar refractivity (Wildman–Crippen MR) is 65.5 cm³/mol. The van der Waals surface area contributed by atoms with Gasteiger partial charge in [-0.25, -0.2) is 5.84 Å². The van der Waals surface area contributed by atoms with Gasteiger partial charge in [0.25, 0.3) is 0 Å². The number of rotatable bonds is 2. The van der Waals surface area contributed by atoms with Crippen molar-refractivity contribution in [2.75, 3.05) is 0 Å². The fraction of sp³-hybridized carbons (Fsp3) is 0.700. The van der Waals surface area contributed by atoms with Gasteiger partial charge < -0.3 is 5.43 Å². The van der Waals surface area contributed by atoms with E-state index in [2.05, 4.69) is 40.8 Å². The molecule has 0 saturated heterocycles. The molecule has 1 aromatic rings. The molecule has 88 valence electrons. The third-order valence-corrected chi connectivity index (χ3v) is 3.14. The third kappa shape index (κ3) is 2.38. The monoisotopic (exact) mass is 239 g/mol. The van der Waals surface area contributed by atoms with Crippen LogP contribution in [0.5, 0.6) is 0 Å². The lowest BCUT2D eigenvalue weighted by Crippen LogP contribution is -2.33. The average molecular weight is 239 g/mol. The smallest absolute Gasteiger partial charge is 0.156 e. The van der Waals surface area contributed by atoms with Crippen molar-refractivity contribution in [3.8, 4) is 0 Å². The Morgan fingerprint density at radius 1 is 1.50 bits per heavy atom. The Balaban J connectivity index is 2.34. The molecule has 1 aliphatic rings. The highest BCUT2D eigenvalue weighted by Crippen LogP contribution is 2.28. The van der Waals surface area contributed by atoms with E-state index in [0.29, 0.717) is 6.04 Å². The highest BCUT2D eigenvalue weighted by molar-refractivity contribution is 7.08. The van der Waals surface area contributed by atoms with Crippen LogP contribution < -0.4 is 11.3 Å². The summed E-state index contributed by atoms with van der Waals surface area (Å²) in [5, 5.41) is 4.18. The number of amidine groups is 1. The molecule has 16 heavy (non-hydrogen) atoms. The molecule has 0 atom stereocenters. The van der Waals surface area contributed by atoms with Crippen LogP contribution in [0, 0.1) is 0 Å². The molecule has 1 aromatic heterocycles.